The lowest BCUT2D eigenvalue weighted by atomic mass is 9.84. The Labute approximate surface area is 208 Å². The number of carbonyl (C=O) groups excluding carboxylic acids is 3. The van der Waals surface area contributed by atoms with Crippen LogP contribution in [-0.4, -0.2) is 63.7 Å². The third-order valence-corrected chi connectivity index (χ3v) is 8.09. The molecule has 198 valence electrons. The van der Waals surface area contributed by atoms with Crippen LogP contribution in [-0.2, 0) is 14.3 Å². The number of likely N-dealkylation sites (tertiary alicyclic amines) is 1. The lowest BCUT2D eigenvalue weighted by Crippen LogP contribution is -2.58. The summed E-state index contributed by atoms with van der Waals surface area (Å²) in [6.07, 6.45) is -3.57. The van der Waals surface area contributed by atoms with Crippen molar-refractivity contribution in [1.82, 2.24) is 9.80 Å². The summed E-state index contributed by atoms with van der Waals surface area (Å²) in [6.45, 7) is 0. The Balaban J connectivity index is 1.32. The minimum atomic E-state index is -5.26. The molecule has 0 radical (unpaired) electrons. The zero-order valence-electron chi connectivity index (χ0n) is 19.4. The van der Waals surface area contributed by atoms with Crippen LogP contribution in [0.5, 0.6) is 0 Å². The van der Waals surface area contributed by atoms with Gasteiger partial charge < -0.3 is 15.4 Å². The van der Waals surface area contributed by atoms with Gasteiger partial charge in [-0.15, -0.1) is 0 Å². The van der Waals surface area contributed by atoms with E-state index in [9.17, 15) is 41.6 Å². The summed E-state index contributed by atoms with van der Waals surface area (Å²) in [6, 6.07) is 1.41. The fourth-order valence-electron chi connectivity index (χ4n) is 6.35. The van der Waals surface area contributed by atoms with E-state index in [1.807, 2.05) is 6.07 Å². The van der Waals surface area contributed by atoms with Gasteiger partial charge in [0.15, 0.2) is 5.72 Å². The number of ether oxygens (including phenoxy) is 1. The van der Waals surface area contributed by atoms with E-state index in [0.717, 1.165) is 23.1 Å². The predicted octanol–water partition coefficient (Wildman–Crippen LogP) is 2.62. The lowest BCUT2D eigenvalue weighted by Gasteiger charge is -2.42. The molecule has 0 spiro atoms. The third kappa shape index (κ3) is 4.11. The summed E-state index contributed by atoms with van der Waals surface area (Å²) in [4.78, 5) is 40.4. The molecule has 8 nitrogen and oxygen atoms in total. The molecule has 4 fully saturated rings. The monoisotopic (exact) mass is 526 g/mol. The number of nitrogens with zero attached hydrogens (tertiary/aromatic N) is 3. The summed E-state index contributed by atoms with van der Waals surface area (Å²) in [5.74, 6) is -6.57. The highest BCUT2D eigenvalue weighted by atomic mass is 19.4. The van der Waals surface area contributed by atoms with E-state index < -0.39 is 82.9 Å². The highest BCUT2D eigenvalue weighted by molar-refractivity contribution is 5.95. The van der Waals surface area contributed by atoms with Crippen molar-refractivity contribution < 1.29 is 41.1 Å². The highest BCUT2D eigenvalue weighted by Gasteiger charge is 2.72. The zero-order valence-corrected chi connectivity index (χ0v) is 19.4. The van der Waals surface area contributed by atoms with Crippen molar-refractivity contribution in [2.75, 3.05) is 0 Å². The van der Waals surface area contributed by atoms with E-state index in [1.165, 1.54) is 4.90 Å². The minimum absolute atomic E-state index is 0.0111. The van der Waals surface area contributed by atoms with E-state index in [2.05, 4.69) is 0 Å². The number of benzene rings is 1. The van der Waals surface area contributed by atoms with Gasteiger partial charge in [-0.05, 0) is 56.2 Å². The Kier molecular flexibility index (Phi) is 5.93. The molecule has 3 aliphatic heterocycles. The van der Waals surface area contributed by atoms with Crippen LogP contribution < -0.4 is 5.73 Å². The maximum absolute atomic E-state index is 14.2. The molecule has 3 saturated heterocycles. The maximum Gasteiger partial charge on any atom is 0.491 e. The van der Waals surface area contributed by atoms with Crippen LogP contribution in [0.1, 0.15) is 48.9 Å². The summed E-state index contributed by atoms with van der Waals surface area (Å²) in [5, 5.41) is 9.52. The van der Waals surface area contributed by atoms with Gasteiger partial charge in [0.2, 0.25) is 5.91 Å². The van der Waals surface area contributed by atoms with Crippen molar-refractivity contribution in [1.29, 1.82) is 5.26 Å². The highest BCUT2D eigenvalue weighted by Crippen LogP contribution is 2.59. The Bertz CT molecular complexity index is 1190. The standard InChI is InChI=1S/C24H23F5N4O4/c25-13-1-4-18(26)17(8-13)20(34)32-14-2-3-15(32)6-11(5-14)19(31)21(35)33-16(10-30)7-12-9-23(12,33)37-22(36)24(27,28)29/h1,4,8,11-12,14-16,19H,2-3,5-7,9,31H2/t11?,12-,14?,15?,16+,19+,23+/m1/s1. The van der Waals surface area contributed by atoms with Gasteiger partial charge in [-0.2, -0.15) is 18.4 Å². The average Bonchev–Trinajstić information content (AvgIpc) is 3.33. The van der Waals surface area contributed by atoms with Crippen LogP contribution in [0.3, 0.4) is 0 Å². The van der Waals surface area contributed by atoms with Crippen molar-refractivity contribution in [3.63, 3.8) is 0 Å². The van der Waals surface area contributed by atoms with Gasteiger partial charge in [0.1, 0.15) is 17.7 Å². The van der Waals surface area contributed by atoms with Gasteiger partial charge >= 0.3 is 12.1 Å². The first kappa shape index (κ1) is 25.4. The number of piperidine rings is 2. The van der Waals surface area contributed by atoms with Crippen LogP contribution in [0.25, 0.3) is 0 Å². The van der Waals surface area contributed by atoms with Crippen LogP contribution in [0.15, 0.2) is 18.2 Å². The number of esters is 1. The number of rotatable bonds is 4. The topological polar surface area (TPSA) is 117 Å². The molecule has 1 aliphatic carbocycles. The second kappa shape index (κ2) is 8.65. The number of hydrogen-bond donors (Lipinski definition) is 1. The summed E-state index contributed by atoms with van der Waals surface area (Å²) >= 11 is 0. The van der Waals surface area contributed by atoms with E-state index in [4.69, 9.17) is 10.5 Å². The predicted molar refractivity (Wildman–Crippen MR) is 114 cm³/mol. The number of amides is 2. The Morgan fingerprint density at radius 2 is 1.78 bits per heavy atom. The minimum Gasteiger partial charge on any atom is -0.432 e. The van der Waals surface area contributed by atoms with E-state index in [0.29, 0.717) is 12.8 Å². The van der Waals surface area contributed by atoms with Crippen molar-refractivity contribution in [3.8, 4) is 6.07 Å². The first-order valence-electron chi connectivity index (χ1n) is 11.9. The van der Waals surface area contributed by atoms with Crippen LogP contribution in [0.4, 0.5) is 22.0 Å². The van der Waals surface area contributed by atoms with Gasteiger partial charge in [0.25, 0.3) is 5.91 Å². The Morgan fingerprint density at radius 1 is 1.14 bits per heavy atom. The number of hydrogen-bond acceptors (Lipinski definition) is 6. The van der Waals surface area contributed by atoms with Crippen LogP contribution in [0.2, 0.25) is 0 Å². The van der Waals surface area contributed by atoms with E-state index >= 15 is 0 Å². The molecular formula is C24H23F5N4O4. The molecule has 3 heterocycles. The molecule has 1 aromatic rings. The molecule has 2 N–H and O–H groups in total. The van der Waals surface area contributed by atoms with Crippen molar-refractivity contribution in [3.05, 3.63) is 35.4 Å². The number of nitriles is 1. The largest absolute Gasteiger partial charge is 0.491 e. The molecule has 1 saturated carbocycles. The maximum atomic E-state index is 14.2. The molecule has 6 atom stereocenters. The van der Waals surface area contributed by atoms with E-state index in [-0.39, 0.29) is 25.7 Å². The number of halogens is 5. The van der Waals surface area contributed by atoms with Crippen molar-refractivity contribution in [2.45, 2.75) is 74.6 Å². The molecule has 4 aliphatic rings. The SMILES string of the molecule is N#C[C@@H]1C[C@@H]2C[C@@]2(OC(=O)C(F)(F)F)N1C(=O)[C@@H](N)C1CC2CCC(C1)N2C(=O)c1cc(F)ccc1F. The first-order valence-corrected chi connectivity index (χ1v) is 11.9. The number of fused-ring (bicyclic) bond motifs is 3. The first-order chi connectivity index (χ1) is 17.4. The quantitative estimate of drug-likeness (QED) is 0.476. The molecular weight excluding hydrogens is 503 g/mol. The summed E-state index contributed by atoms with van der Waals surface area (Å²) < 4.78 is 71.2. The van der Waals surface area contributed by atoms with Crippen molar-refractivity contribution >= 4 is 17.8 Å². The van der Waals surface area contributed by atoms with Gasteiger partial charge in [-0.3, -0.25) is 14.5 Å². The van der Waals surface area contributed by atoms with Gasteiger partial charge in [0.05, 0.1) is 17.7 Å². The molecule has 5 rings (SSSR count). The number of nitrogens with two attached hydrogens (primary N) is 1. The lowest BCUT2D eigenvalue weighted by molar-refractivity contribution is -0.217. The molecule has 13 heteroatoms. The fourth-order valence-corrected chi connectivity index (χ4v) is 6.35. The summed E-state index contributed by atoms with van der Waals surface area (Å²) in [7, 11) is 0. The van der Waals surface area contributed by atoms with Crippen molar-refractivity contribution in [2.24, 2.45) is 17.6 Å². The molecule has 37 heavy (non-hydrogen) atoms. The second-order valence-corrected chi connectivity index (χ2v) is 10.2. The third-order valence-electron chi connectivity index (χ3n) is 8.09. The fraction of sp³-hybridized carbons (Fsp3) is 0.583. The molecule has 1 aromatic carbocycles. The van der Waals surface area contributed by atoms with Gasteiger partial charge in [0, 0.05) is 24.4 Å². The smallest absolute Gasteiger partial charge is 0.432 e. The molecule has 0 aromatic heterocycles. The zero-order chi connectivity index (χ0) is 26.9. The molecule has 2 amide bonds. The number of alkyl halides is 3. The number of carbonyl (C=O) groups is 3. The Hall–Kier alpha value is -3.27. The average molecular weight is 526 g/mol. The van der Waals surface area contributed by atoms with Crippen LogP contribution >= 0.6 is 0 Å². The van der Waals surface area contributed by atoms with Gasteiger partial charge in [-0.1, -0.05) is 0 Å². The second-order valence-electron chi connectivity index (χ2n) is 10.2. The van der Waals surface area contributed by atoms with Crippen LogP contribution in [0, 0.1) is 34.8 Å². The molecule has 2 bridgehead atoms. The Morgan fingerprint density at radius 3 is 2.38 bits per heavy atom. The summed E-state index contributed by atoms with van der Waals surface area (Å²) in [5.41, 5.74) is 4.07. The normalized spacial score (nSPS) is 32.9. The van der Waals surface area contributed by atoms with E-state index in [1.54, 1.807) is 0 Å². The van der Waals surface area contributed by atoms with Gasteiger partial charge in [-0.25, -0.2) is 13.6 Å². The molecule has 2 unspecified atom stereocenters.